The van der Waals surface area contributed by atoms with Crippen molar-refractivity contribution >= 4 is 0 Å². The lowest BCUT2D eigenvalue weighted by Crippen LogP contribution is -2.29. The van der Waals surface area contributed by atoms with Crippen molar-refractivity contribution in [3.63, 3.8) is 0 Å². The molecular formula is C11H21N3O. The third-order valence-corrected chi connectivity index (χ3v) is 2.24. The number of aromatic nitrogens is 2. The van der Waals surface area contributed by atoms with Crippen LogP contribution in [0.2, 0.25) is 0 Å². The van der Waals surface area contributed by atoms with Gasteiger partial charge >= 0.3 is 0 Å². The summed E-state index contributed by atoms with van der Waals surface area (Å²) >= 11 is 0. The molecule has 15 heavy (non-hydrogen) atoms. The summed E-state index contributed by atoms with van der Waals surface area (Å²) in [6, 6.07) is 2.83. The van der Waals surface area contributed by atoms with Crippen LogP contribution >= 0.6 is 0 Å². The maximum absolute atomic E-state index is 5.05. The fourth-order valence-corrected chi connectivity index (χ4v) is 1.35. The van der Waals surface area contributed by atoms with E-state index < -0.39 is 0 Å². The number of methoxy groups -OCH3 is 1. The lowest BCUT2D eigenvalue weighted by molar-refractivity contribution is 0.171. The van der Waals surface area contributed by atoms with E-state index in [0.29, 0.717) is 12.1 Å². The average molecular weight is 211 g/mol. The molecule has 0 aliphatic heterocycles. The predicted molar refractivity (Wildman–Crippen MR) is 60.8 cm³/mol. The van der Waals surface area contributed by atoms with Gasteiger partial charge in [0.25, 0.3) is 0 Å². The van der Waals surface area contributed by atoms with Crippen molar-refractivity contribution in [1.82, 2.24) is 15.1 Å². The Hall–Kier alpha value is -0.870. The third-order valence-electron chi connectivity index (χ3n) is 2.24. The van der Waals surface area contributed by atoms with Crippen LogP contribution in [-0.4, -0.2) is 29.5 Å². The molecule has 0 aromatic carbocycles. The van der Waals surface area contributed by atoms with Gasteiger partial charge in [-0.15, -0.1) is 0 Å². The van der Waals surface area contributed by atoms with Gasteiger partial charge in [0.05, 0.1) is 12.3 Å². The summed E-state index contributed by atoms with van der Waals surface area (Å²) in [6.45, 7) is 7.87. The summed E-state index contributed by atoms with van der Waals surface area (Å²) in [5.41, 5.74) is 1.08. The molecule has 0 saturated heterocycles. The monoisotopic (exact) mass is 211 g/mol. The van der Waals surface area contributed by atoms with Crippen molar-refractivity contribution in [3.05, 3.63) is 18.0 Å². The highest BCUT2D eigenvalue weighted by Gasteiger charge is 2.04. The summed E-state index contributed by atoms with van der Waals surface area (Å²) in [6.07, 6.45) is 2.02. The normalized spacial score (nSPS) is 13.4. The maximum atomic E-state index is 5.05. The Labute approximate surface area is 91.6 Å². The Kier molecular flexibility index (Phi) is 4.78. The fraction of sp³-hybridized carbons (Fsp3) is 0.727. The van der Waals surface area contributed by atoms with Crippen LogP contribution in [0.1, 0.15) is 32.5 Å². The Morgan fingerprint density at radius 2 is 2.20 bits per heavy atom. The highest BCUT2D eigenvalue weighted by atomic mass is 16.5. The Balaban J connectivity index is 2.37. The minimum Gasteiger partial charge on any atom is -0.383 e. The molecule has 4 nitrogen and oxygen atoms in total. The van der Waals surface area contributed by atoms with Crippen LogP contribution in [0.3, 0.4) is 0 Å². The number of nitrogens with zero attached hydrogens (tertiary/aromatic N) is 2. The van der Waals surface area contributed by atoms with Crippen molar-refractivity contribution < 1.29 is 4.74 Å². The van der Waals surface area contributed by atoms with E-state index in [2.05, 4.69) is 31.2 Å². The van der Waals surface area contributed by atoms with E-state index in [1.165, 1.54) is 0 Å². The topological polar surface area (TPSA) is 39.1 Å². The van der Waals surface area contributed by atoms with Crippen LogP contribution < -0.4 is 5.32 Å². The summed E-state index contributed by atoms with van der Waals surface area (Å²) in [7, 11) is 1.71. The van der Waals surface area contributed by atoms with Crippen LogP contribution in [0.15, 0.2) is 12.3 Å². The zero-order chi connectivity index (χ0) is 11.3. The average Bonchev–Trinajstić information content (AvgIpc) is 2.63. The Bertz CT molecular complexity index is 283. The van der Waals surface area contributed by atoms with Gasteiger partial charge in [-0.25, -0.2) is 0 Å². The predicted octanol–water partition coefficient (Wildman–Crippen LogP) is 1.59. The molecule has 0 aliphatic carbocycles. The van der Waals surface area contributed by atoms with Gasteiger partial charge in [-0.1, -0.05) is 0 Å². The molecule has 4 heteroatoms. The van der Waals surface area contributed by atoms with Gasteiger partial charge in [-0.3, -0.25) is 4.68 Å². The SMILES string of the molecule is COCC(C)NCc1ccn(C(C)C)n1. The second-order valence-electron chi connectivity index (χ2n) is 4.12. The summed E-state index contributed by atoms with van der Waals surface area (Å²) in [4.78, 5) is 0. The molecule has 1 heterocycles. The summed E-state index contributed by atoms with van der Waals surface area (Å²) < 4.78 is 7.02. The summed E-state index contributed by atoms with van der Waals surface area (Å²) in [5, 5.41) is 7.81. The highest BCUT2D eigenvalue weighted by Crippen LogP contribution is 2.03. The van der Waals surface area contributed by atoms with Crippen LogP contribution in [0.25, 0.3) is 0 Å². The fourth-order valence-electron chi connectivity index (χ4n) is 1.35. The van der Waals surface area contributed by atoms with Crippen LogP contribution in [0.5, 0.6) is 0 Å². The number of ether oxygens (including phenoxy) is 1. The van der Waals surface area contributed by atoms with Gasteiger partial charge < -0.3 is 10.1 Å². The molecule has 1 N–H and O–H groups in total. The molecule has 1 aromatic rings. The number of hydrogen-bond donors (Lipinski definition) is 1. The minimum atomic E-state index is 0.360. The molecule has 0 aliphatic rings. The largest absolute Gasteiger partial charge is 0.383 e. The van der Waals surface area contributed by atoms with E-state index in [1.807, 2.05) is 16.9 Å². The molecule has 0 spiro atoms. The zero-order valence-electron chi connectivity index (χ0n) is 10.0. The van der Waals surface area contributed by atoms with Crippen LogP contribution in [-0.2, 0) is 11.3 Å². The van der Waals surface area contributed by atoms with E-state index in [-0.39, 0.29) is 0 Å². The van der Waals surface area contributed by atoms with Crippen molar-refractivity contribution in [2.24, 2.45) is 0 Å². The molecule has 0 bridgehead atoms. The van der Waals surface area contributed by atoms with Gasteiger partial charge in [0.2, 0.25) is 0 Å². The standard InChI is InChI=1S/C11H21N3O/c1-9(2)14-6-5-11(13-14)7-12-10(3)8-15-4/h5-6,9-10,12H,7-8H2,1-4H3. The Morgan fingerprint density at radius 3 is 2.73 bits per heavy atom. The first-order valence-corrected chi connectivity index (χ1v) is 5.40. The number of nitrogens with one attached hydrogen (secondary N) is 1. The van der Waals surface area contributed by atoms with E-state index in [1.54, 1.807) is 7.11 Å². The molecular weight excluding hydrogens is 190 g/mol. The van der Waals surface area contributed by atoms with Gasteiger partial charge in [-0.2, -0.15) is 5.10 Å². The first kappa shape index (κ1) is 12.2. The Morgan fingerprint density at radius 1 is 1.47 bits per heavy atom. The number of rotatable bonds is 6. The molecule has 1 aromatic heterocycles. The van der Waals surface area contributed by atoms with Gasteiger partial charge in [0, 0.05) is 31.9 Å². The van der Waals surface area contributed by atoms with Crippen molar-refractivity contribution in [1.29, 1.82) is 0 Å². The van der Waals surface area contributed by atoms with Gasteiger partial charge in [0.1, 0.15) is 0 Å². The molecule has 0 amide bonds. The van der Waals surface area contributed by atoms with E-state index >= 15 is 0 Å². The molecule has 0 radical (unpaired) electrons. The van der Waals surface area contributed by atoms with Gasteiger partial charge in [-0.05, 0) is 26.8 Å². The van der Waals surface area contributed by atoms with Crippen molar-refractivity contribution in [2.45, 2.75) is 39.4 Å². The molecule has 0 fully saturated rings. The van der Waals surface area contributed by atoms with Crippen molar-refractivity contribution in [3.8, 4) is 0 Å². The highest BCUT2D eigenvalue weighted by molar-refractivity contribution is 4.99. The molecule has 0 saturated carbocycles. The lowest BCUT2D eigenvalue weighted by Gasteiger charge is -2.11. The number of hydrogen-bond acceptors (Lipinski definition) is 3. The zero-order valence-corrected chi connectivity index (χ0v) is 10.0. The first-order valence-electron chi connectivity index (χ1n) is 5.40. The first-order chi connectivity index (χ1) is 7.13. The molecule has 1 unspecified atom stereocenters. The van der Waals surface area contributed by atoms with E-state index in [4.69, 9.17) is 4.74 Å². The van der Waals surface area contributed by atoms with Crippen LogP contribution in [0, 0.1) is 0 Å². The molecule has 86 valence electrons. The van der Waals surface area contributed by atoms with Gasteiger partial charge in [0.15, 0.2) is 0 Å². The maximum Gasteiger partial charge on any atom is 0.0762 e. The second-order valence-corrected chi connectivity index (χ2v) is 4.12. The smallest absolute Gasteiger partial charge is 0.0762 e. The minimum absolute atomic E-state index is 0.360. The van der Waals surface area contributed by atoms with E-state index in [9.17, 15) is 0 Å². The van der Waals surface area contributed by atoms with Crippen LogP contribution in [0.4, 0.5) is 0 Å². The van der Waals surface area contributed by atoms with Crippen molar-refractivity contribution in [2.75, 3.05) is 13.7 Å². The lowest BCUT2D eigenvalue weighted by atomic mass is 10.3. The quantitative estimate of drug-likeness (QED) is 0.776. The molecule has 1 atom stereocenters. The van der Waals surface area contributed by atoms with E-state index in [0.717, 1.165) is 18.8 Å². The molecule has 1 rings (SSSR count). The third kappa shape index (κ3) is 4.01. The summed E-state index contributed by atoms with van der Waals surface area (Å²) in [5.74, 6) is 0. The second kappa shape index (κ2) is 5.88.